The summed E-state index contributed by atoms with van der Waals surface area (Å²) in [6.07, 6.45) is 2.21. The van der Waals surface area contributed by atoms with Crippen molar-refractivity contribution >= 4 is 23.2 Å². The highest BCUT2D eigenvalue weighted by Gasteiger charge is 2.25. The van der Waals surface area contributed by atoms with Crippen LogP contribution in [0.1, 0.15) is 24.0 Å². The number of aryl methyl sites for hydroxylation is 2. The number of carbonyl (C=O) groups is 1. The number of anilines is 1. The number of benzene rings is 1. The Hall–Kier alpha value is -1.06. The highest BCUT2D eigenvalue weighted by Crippen LogP contribution is 2.26. The van der Waals surface area contributed by atoms with Crippen LogP contribution in [0.3, 0.4) is 0 Å². The fourth-order valence-corrected chi connectivity index (χ4v) is 2.76. The molecule has 1 atom stereocenters. The Morgan fingerprint density at radius 2 is 2.11 bits per heavy atom. The fraction of sp³-hybridized carbons (Fsp3) is 0.533. The molecule has 2 rings (SSSR count). The Labute approximate surface area is 119 Å². The van der Waals surface area contributed by atoms with Crippen molar-refractivity contribution in [1.82, 2.24) is 0 Å². The van der Waals surface area contributed by atoms with Crippen molar-refractivity contribution in [3.8, 4) is 0 Å². The molecule has 1 aromatic rings. The molecule has 0 aliphatic carbocycles. The van der Waals surface area contributed by atoms with Gasteiger partial charge in [0.2, 0.25) is 5.91 Å². The molecule has 4 heteroatoms. The molecular weight excluding hydrogens is 262 g/mol. The van der Waals surface area contributed by atoms with Crippen LogP contribution < -0.4 is 4.90 Å². The molecule has 0 N–H and O–H groups in total. The van der Waals surface area contributed by atoms with Gasteiger partial charge in [-0.2, -0.15) is 0 Å². The Balaban J connectivity index is 2.28. The molecule has 1 unspecified atom stereocenters. The van der Waals surface area contributed by atoms with Crippen molar-refractivity contribution in [2.75, 3.05) is 23.9 Å². The van der Waals surface area contributed by atoms with Gasteiger partial charge in [0, 0.05) is 12.3 Å². The lowest BCUT2D eigenvalue weighted by molar-refractivity contribution is -0.116. The minimum Gasteiger partial charge on any atom is -0.376 e. The molecule has 19 heavy (non-hydrogen) atoms. The molecule has 0 radical (unpaired) electrons. The Kier molecular flexibility index (Phi) is 4.83. The van der Waals surface area contributed by atoms with Crippen LogP contribution >= 0.6 is 11.6 Å². The molecular formula is C15H20ClNO2. The molecule has 1 aliphatic heterocycles. The summed E-state index contributed by atoms with van der Waals surface area (Å²) >= 11 is 5.75. The van der Waals surface area contributed by atoms with Crippen LogP contribution in [0, 0.1) is 13.8 Å². The molecule has 0 aromatic heterocycles. The van der Waals surface area contributed by atoms with E-state index in [-0.39, 0.29) is 17.9 Å². The summed E-state index contributed by atoms with van der Waals surface area (Å²) in [5, 5.41) is 0. The number of hydrogen-bond acceptors (Lipinski definition) is 2. The molecule has 1 fully saturated rings. The maximum atomic E-state index is 12.1. The second-order valence-corrected chi connectivity index (χ2v) is 5.28. The van der Waals surface area contributed by atoms with Crippen molar-refractivity contribution in [2.45, 2.75) is 32.8 Å². The zero-order valence-corrected chi connectivity index (χ0v) is 12.2. The van der Waals surface area contributed by atoms with Gasteiger partial charge in [-0.05, 0) is 37.8 Å². The number of carbonyl (C=O) groups excluding carboxylic acids is 1. The van der Waals surface area contributed by atoms with Crippen molar-refractivity contribution in [3.05, 3.63) is 29.3 Å². The third-order valence-corrected chi connectivity index (χ3v) is 3.76. The summed E-state index contributed by atoms with van der Waals surface area (Å²) in [6.45, 7) is 5.43. The number of ether oxygens (including phenoxy) is 1. The van der Waals surface area contributed by atoms with E-state index in [4.69, 9.17) is 16.3 Å². The largest absolute Gasteiger partial charge is 0.376 e. The maximum absolute atomic E-state index is 12.1. The lowest BCUT2D eigenvalue weighted by atomic mass is 10.1. The summed E-state index contributed by atoms with van der Waals surface area (Å²) in [4.78, 5) is 13.9. The highest BCUT2D eigenvalue weighted by molar-refractivity contribution is 6.29. The number of halogens is 1. The van der Waals surface area contributed by atoms with Gasteiger partial charge in [0.05, 0.1) is 12.6 Å². The Morgan fingerprint density at radius 3 is 2.63 bits per heavy atom. The lowest BCUT2D eigenvalue weighted by Gasteiger charge is -2.28. The van der Waals surface area contributed by atoms with Gasteiger partial charge in [-0.15, -0.1) is 11.6 Å². The molecule has 3 nitrogen and oxygen atoms in total. The molecule has 0 spiro atoms. The first-order valence-corrected chi connectivity index (χ1v) is 7.21. The van der Waals surface area contributed by atoms with Gasteiger partial charge >= 0.3 is 0 Å². The van der Waals surface area contributed by atoms with E-state index < -0.39 is 0 Å². The summed E-state index contributed by atoms with van der Waals surface area (Å²) in [5.74, 6) is -0.0601. The van der Waals surface area contributed by atoms with Gasteiger partial charge in [-0.3, -0.25) is 4.79 Å². The molecule has 1 amide bonds. The average Bonchev–Trinajstić information content (AvgIpc) is 2.89. The Morgan fingerprint density at radius 1 is 1.42 bits per heavy atom. The van der Waals surface area contributed by atoms with Gasteiger partial charge in [0.15, 0.2) is 0 Å². The van der Waals surface area contributed by atoms with E-state index in [2.05, 4.69) is 0 Å². The number of rotatable bonds is 4. The SMILES string of the molecule is Cc1cccc(C)c1N(CC1CCCO1)C(=O)CCl. The lowest BCUT2D eigenvalue weighted by Crippen LogP contribution is -2.39. The molecule has 1 aliphatic rings. The van der Waals surface area contributed by atoms with Gasteiger partial charge in [-0.25, -0.2) is 0 Å². The molecule has 1 saturated heterocycles. The smallest absolute Gasteiger partial charge is 0.242 e. The summed E-state index contributed by atoms with van der Waals surface area (Å²) in [7, 11) is 0. The molecule has 1 aromatic carbocycles. The minimum atomic E-state index is -0.0606. The molecule has 0 saturated carbocycles. The predicted octanol–water partition coefficient (Wildman–Crippen LogP) is 3.05. The first-order chi connectivity index (χ1) is 9.13. The Bertz CT molecular complexity index is 435. The van der Waals surface area contributed by atoms with Crippen molar-refractivity contribution in [1.29, 1.82) is 0 Å². The van der Waals surface area contributed by atoms with Crippen LogP contribution in [0.5, 0.6) is 0 Å². The minimum absolute atomic E-state index is 0.000490. The monoisotopic (exact) mass is 281 g/mol. The van der Waals surface area contributed by atoms with Crippen molar-refractivity contribution < 1.29 is 9.53 Å². The van der Waals surface area contributed by atoms with Gasteiger partial charge in [-0.1, -0.05) is 18.2 Å². The van der Waals surface area contributed by atoms with Crippen LogP contribution in [-0.2, 0) is 9.53 Å². The third kappa shape index (κ3) is 3.28. The quantitative estimate of drug-likeness (QED) is 0.794. The van der Waals surface area contributed by atoms with E-state index in [0.29, 0.717) is 6.54 Å². The summed E-state index contributed by atoms with van der Waals surface area (Å²) < 4.78 is 5.64. The third-order valence-electron chi connectivity index (χ3n) is 3.53. The van der Waals surface area contributed by atoms with E-state index in [1.807, 2.05) is 32.0 Å². The number of hydrogen-bond donors (Lipinski definition) is 0. The summed E-state index contributed by atoms with van der Waals surface area (Å²) in [6, 6.07) is 6.04. The predicted molar refractivity (Wildman–Crippen MR) is 78.0 cm³/mol. The second kappa shape index (κ2) is 6.40. The molecule has 104 valence electrons. The first kappa shape index (κ1) is 14.4. The van der Waals surface area contributed by atoms with Crippen LogP contribution in [0.25, 0.3) is 0 Å². The van der Waals surface area contributed by atoms with Gasteiger partial charge in [0.25, 0.3) is 0 Å². The van der Waals surface area contributed by atoms with E-state index in [1.54, 1.807) is 4.90 Å². The molecule has 0 bridgehead atoms. The second-order valence-electron chi connectivity index (χ2n) is 5.01. The van der Waals surface area contributed by atoms with Gasteiger partial charge in [0.1, 0.15) is 5.88 Å². The number of nitrogens with zero attached hydrogens (tertiary/aromatic N) is 1. The highest BCUT2D eigenvalue weighted by atomic mass is 35.5. The average molecular weight is 282 g/mol. The topological polar surface area (TPSA) is 29.5 Å². The zero-order valence-electron chi connectivity index (χ0n) is 11.5. The standard InChI is InChI=1S/C15H20ClNO2/c1-11-5-3-6-12(2)15(11)17(14(18)9-16)10-13-7-4-8-19-13/h3,5-6,13H,4,7-10H2,1-2H3. The van der Waals surface area contributed by atoms with E-state index in [1.165, 1.54) is 0 Å². The van der Waals surface area contributed by atoms with E-state index in [9.17, 15) is 4.79 Å². The van der Waals surface area contributed by atoms with Crippen molar-refractivity contribution in [3.63, 3.8) is 0 Å². The van der Waals surface area contributed by atoms with Crippen LogP contribution in [0.2, 0.25) is 0 Å². The number of para-hydroxylation sites is 1. The zero-order chi connectivity index (χ0) is 13.8. The fourth-order valence-electron chi connectivity index (χ4n) is 2.61. The first-order valence-electron chi connectivity index (χ1n) is 6.67. The van der Waals surface area contributed by atoms with Crippen LogP contribution in [-0.4, -0.2) is 31.0 Å². The van der Waals surface area contributed by atoms with Gasteiger partial charge < -0.3 is 9.64 Å². The summed E-state index contributed by atoms with van der Waals surface area (Å²) in [5.41, 5.74) is 3.16. The van der Waals surface area contributed by atoms with Crippen LogP contribution in [0.4, 0.5) is 5.69 Å². The maximum Gasteiger partial charge on any atom is 0.242 e. The van der Waals surface area contributed by atoms with Crippen LogP contribution in [0.15, 0.2) is 18.2 Å². The molecule has 1 heterocycles. The van der Waals surface area contributed by atoms with E-state index in [0.717, 1.165) is 36.3 Å². The number of alkyl halides is 1. The van der Waals surface area contributed by atoms with Crippen molar-refractivity contribution in [2.24, 2.45) is 0 Å². The van der Waals surface area contributed by atoms with E-state index >= 15 is 0 Å². The normalized spacial score (nSPS) is 18.6. The number of amides is 1.